The predicted molar refractivity (Wildman–Crippen MR) is 130 cm³/mol. The second-order valence-electron chi connectivity index (χ2n) is 10.1. The van der Waals surface area contributed by atoms with E-state index in [9.17, 15) is 4.79 Å². The highest BCUT2D eigenvalue weighted by Crippen LogP contribution is 2.41. The van der Waals surface area contributed by atoms with Crippen LogP contribution >= 0.6 is 0 Å². The molecule has 0 radical (unpaired) electrons. The highest BCUT2D eigenvalue weighted by molar-refractivity contribution is 5.76. The Kier molecular flexibility index (Phi) is 5.21. The van der Waals surface area contributed by atoms with E-state index in [4.69, 9.17) is 9.84 Å². The molecule has 3 aliphatic heterocycles. The molecule has 1 saturated heterocycles. The number of benzene rings is 1. The van der Waals surface area contributed by atoms with Gasteiger partial charge in [-0.2, -0.15) is 10.2 Å². The van der Waals surface area contributed by atoms with Crippen molar-refractivity contribution in [2.45, 2.75) is 45.7 Å². The third kappa shape index (κ3) is 3.60. The maximum Gasteiger partial charge on any atom is 0.219 e. The van der Waals surface area contributed by atoms with Crippen LogP contribution < -0.4 is 4.90 Å². The minimum absolute atomic E-state index is 0.127. The van der Waals surface area contributed by atoms with Gasteiger partial charge in [0.05, 0.1) is 25.4 Å². The van der Waals surface area contributed by atoms with Gasteiger partial charge in [-0.25, -0.2) is 0 Å². The summed E-state index contributed by atoms with van der Waals surface area (Å²) >= 11 is 0. The van der Waals surface area contributed by atoms with Crippen LogP contribution in [0.3, 0.4) is 0 Å². The summed E-state index contributed by atoms with van der Waals surface area (Å²) in [4.78, 5) is 16.6. The maximum atomic E-state index is 12.2. The Morgan fingerprint density at radius 3 is 2.85 bits per heavy atom. The summed E-state index contributed by atoms with van der Waals surface area (Å²) in [5, 5.41) is 9.56. The molecule has 34 heavy (non-hydrogen) atoms. The molecule has 8 heteroatoms. The number of hydrogen-bond donors (Lipinski definition) is 0. The van der Waals surface area contributed by atoms with Gasteiger partial charge in [-0.05, 0) is 42.0 Å². The molecule has 0 spiro atoms. The van der Waals surface area contributed by atoms with Crippen molar-refractivity contribution in [1.29, 1.82) is 0 Å². The van der Waals surface area contributed by atoms with E-state index in [2.05, 4.69) is 46.0 Å². The molecule has 0 saturated carbocycles. The van der Waals surface area contributed by atoms with Crippen molar-refractivity contribution in [3.63, 3.8) is 0 Å². The topological polar surface area (TPSA) is 68.4 Å². The van der Waals surface area contributed by atoms with Crippen LogP contribution in [0.4, 0.5) is 11.5 Å². The molecule has 1 fully saturated rings. The number of fused-ring (bicyclic) bond motifs is 2. The van der Waals surface area contributed by atoms with Gasteiger partial charge in [-0.15, -0.1) is 0 Å². The van der Waals surface area contributed by atoms with Gasteiger partial charge >= 0.3 is 0 Å². The first-order chi connectivity index (χ1) is 16.5. The van der Waals surface area contributed by atoms with Crippen LogP contribution in [-0.2, 0) is 36.0 Å². The minimum Gasteiger partial charge on any atom is -0.379 e. The predicted octanol–water partition coefficient (Wildman–Crippen LogP) is 3.48. The third-order valence-corrected chi connectivity index (χ3v) is 7.49. The smallest absolute Gasteiger partial charge is 0.219 e. The zero-order chi connectivity index (χ0) is 23.4. The first-order valence-corrected chi connectivity index (χ1v) is 12.3. The van der Waals surface area contributed by atoms with Crippen molar-refractivity contribution >= 4 is 17.4 Å². The Labute approximate surface area is 200 Å². The lowest BCUT2D eigenvalue weighted by molar-refractivity contribution is -0.129. The number of amides is 1. The van der Waals surface area contributed by atoms with Gasteiger partial charge in [0.2, 0.25) is 5.91 Å². The van der Waals surface area contributed by atoms with E-state index in [0.29, 0.717) is 19.1 Å². The molecular weight excluding hydrogens is 428 g/mol. The molecule has 1 aromatic carbocycles. The van der Waals surface area contributed by atoms with Crippen LogP contribution in [0.1, 0.15) is 43.1 Å². The Bertz CT molecular complexity index is 1240. The maximum absolute atomic E-state index is 12.2. The molecule has 6 rings (SSSR count). The average molecular weight is 461 g/mol. The van der Waals surface area contributed by atoms with Gasteiger partial charge in [0, 0.05) is 68.8 Å². The van der Waals surface area contributed by atoms with Gasteiger partial charge in [0.15, 0.2) is 5.82 Å². The van der Waals surface area contributed by atoms with Crippen LogP contribution in [-0.4, -0.2) is 56.7 Å². The van der Waals surface area contributed by atoms with Crippen molar-refractivity contribution in [1.82, 2.24) is 24.5 Å². The van der Waals surface area contributed by atoms with Crippen molar-refractivity contribution in [3.8, 4) is 11.1 Å². The molecule has 2 unspecified atom stereocenters. The Morgan fingerprint density at radius 1 is 1.24 bits per heavy atom. The largest absolute Gasteiger partial charge is 0.379 e. The van der Waals surface area contributed by atoms with E-state index in [0.717, 1.165) is 50.3 Å². The molecule has 0 bridgehead atoms. The first kappa shape index (κ1) is 21.4. The molecule has 0 aliphatic carbocycles. The summed E-state index contributed by atoms with van der Waals surface area (Å²) in [6.07, 6.45) is 6.85. The highest BCUT2D eigenvalue weighted by atomic mass is 16.5. The van der Waals surface area contributed by atoms with Gasteiger partial charge in [0.25, 0.3) is 0 Å². The summed E-state index contributed by atoms with van der Waals surface area (Å²) in [5.74, 6) is 1.64. The summed E-state index contributed by atoms with van der Waals surface area (Å²) in [7, 11) is 1.95. The molecule has 178 valence electrons. The summed E-state index contributed by atoms with van der Waals surface area (Å²) in [6.45, 7) is 7.77. The molecule has 3 aliphatic rings. The number of rotatable bonds is 3. The number of nitrogens with zero attached hydrogens (tertiary/aromatic N) is 6. The van der Waals surface area contributed by atoms with Crippen molar-refractivity contribution < 1.29 is 9.53 Å². The van der Waals surface area contributed by atoms with Gasteiger partial charge in [0.1, 0.15) is 0 Å². The number of aryl methyl sites for hydroxylation is 1. The van der Waals surface area contributed by atoms with Crippen LogP contribution in [0.15, 0.2) is 30.6 Å². The van der Waals surface area contributed by atoms with Crippen LogP contribution in [0.25, 0.3) is 11.1 Å². The van der Waals surface area contributed by atoms with E-state index in [1.165, 1.54) is 28.1 Å². The summed E-state index contributed by atoms with van der Waals surface area (Å²) in [5.41, 5.74) is 7.36. The number of carbonyl (C=O) groups excluding carboxylic acids is 1. The second-order valence-corrected chi connectivity index (χ2v) is 10.1. The van der Waals surface area contributed by atoms with E-state index in [1.807, 2.05) is 22.8 Å². The lowest BCUT2D eigenvalue weighted by Crippen LogP contribution is -2.36. The normalized spacial score (nSPS) is 22.1. The number of hydrogen-bond acceptors (Lipinski definition) is 5. The zero-order valence-electron chi connectivity index (χ0n) is 20.2. The summed E-state index contributed by atoms with van der Waals surface area (Å²) < 4.78 is 9.76. The van der Waals surface area contributed by atoms with E-state index in [-0.39, 0.29) is 11.9 Å². The van der Waals surface area contributed by atoms with Crippen LogP contribution in [0.2, 0.25) is 0 Å². The third-order valence-electron chi connectivity index (χ3n) is 7.49. The van der Waals surface area contributed by atoms with E-state index < -0.39 is 0 Å². The molecule has 0 N–H and O–H groups in total. The monoisotopic (exact) mass is 460 g/mol. The number of aromatic nitrogens is 4. The first-order valence-electron chi connectivity index (χ1n) is 12.3. The molecule has 2 atom stereocenters. The number of carbonyl (C=O) groups is 1. The lowest BCUT2D eigenvalue weighted by Gasteiger charge is -2.35. The van der Waals surface area contributed by atoms with Gasteiger partial charge in [-0.3, -0.25) is 14.2 Å². The standard InChI is InChI=1S/C26H32N6O2/c1-17-10-20-11-19(21-12-27-29(3)14-21)4-5-24(20)31(13-17)26-23-15-30(18(2)33)8-6-25(23)32(28-26)22-7-9-34-16-22/h4-5,11-12,14,17,22H,6-10,13,15-16H2,1-3H3. The van der Waals surface area contributed by atoms with Crippen LogP contribution in [0.5, 0.6) is 0 Å². The number of ether oxygens (including phenoxy) is 1. The molecule has 3 aromatic rings. The Balaban J connectivity index is 1.44. The Morgan fingerprint density at radius 2 is 2.12 bits per heavy atom. The van der Waals surface area contributed by atoms with Crippen molar-refractivity contribution in [2.75, 3.05) is 31.2 Å². The number of anilines is 2. The molecule has 2 aromatic heterocycles. The van der Waals surface area contributed by atoms with Crippen molar-refractivity contribution in [2.24, 2.45) is 13.0 Å². The van der Waals surface area contributed by atoms with E-state index >= 15 is 0 Å². The molecule has 1 amide bonds. The van der Waals surface area contributed by atoms with Gasteiger partial charge < -0.3 is 14.5 Å². The fourth-order valence-corrected chi connectivity index (χ4v) is 5.74. The van der Waals surface area contributed by atoms with Crippen LogP contribution in [0, 0.1) is 5.92 Å². The fourth-order valence-electron chi connectivity index (χ4n) is 5.74. The SMILES string of the molecule is CC(=O)N1CCc2c(c(N3CC(C)Cc4cc(-c5cnn(C)c5)ccc43)nn2C2CCOC2)C1. The average Bonchev–Trinajstić information content (AvgIpc) is 3.57. The quantitative estimate of drug-likeness (QED) is 0.599. The minimum atomic E-state index is 0.127. The second kappa shape index (κ2) is 8.27. The Hall–Kier alpha value is -3.13. The summed E-state index contributed by atoms with van der Waals surface area (Å²) in [6, 6.07) is 7.01. The lowest BCUT2D eigenvalue weighted by atomic mass is 9.91. The molecular formula is C26H32N6O2. The zero-order valence-corrected chi connectivity index (χ0v) is 20.2. The molecule has 8 nitrogen and oxygen atoms in total. The molecule has 5 heterocycles. The fraction of sp³-hybridized carbons (Fsp3) is 0.500. The highest BCUT2D eigenvalue weighted by Gasteiger charge is 2.34. The van der Waals surface area contributed by atoms with E-state index in [1.54, 1.807) is 6.92 Å². The van der Waals surface area contributed by atoms with Gasteiger partial charge in [-0.1, -0.05) is 13.0 Å². The van der Waals surface area contributed by atoms with Crippen molar-refractivity contribution in [3.05, 3.63) is 47.4 Å².